The van der Waals surface area contributed by atoms with Crippen LogP contribution in [-0.2, 0) is 0 Å². The maximum absolute atomic E-state index is 12.4. The third-order valence-electron chi connectivity index (χ3n) is 5.24. The van der Waals surface area contributed by atoms with E-state index in [0.29, 0.717) is 17.2 Å². The summed E-state index contributed by atoms with van der Waals surface area (Å²) in [4.78, 5) is 33.6. The first kappa shape index (κ1) is 21.3. The van der Waals surface area contributed by atoms with Gasteiger partial charge in [-0.3, -0.25) is 10.1 Å². The molecule has 1 aromatic heterocycles. The van der Waals surface area contributed by atoms with Crippen LogP contribution in [0.1, 0.15) is 31.2 Å². The predicted octanol–water partition coefficient (Wildman–Crippen LogP) is 3.30. The van der Waals surface area contributed by atoms with E-state index in [-0.39, 0.29) is 23.8 Å². The first-order chi connectivity index (χ1) is 14.3. The molecule has 10 heteroatoms. The van der Waals surface area contributed by atoms with Crippen molar-refractivity contribution in [1.82, 2.24) is 15.3 Å². The standard InChI is InChI=1S/C20H27N7O3/c1-13-16(5-4-6-17(13)27(29)30)24-20(28)23-15-9-7-14(8-10-15)22-19-21-12-11-18(25-19)26(2)3/h4-6,11-12,14-15H,7-10H2,1-3H3,(H,21,22,25)(H2,23,24,28)/t14-,15+. The van der Waals surface area contributed by atoms with E-state index in [1.165, 1.54) is 6.07 Å². The average Bonchev–Trinajstić information content (AvgIpc) is 2.71. The molecule has 1 heterocycles. The Morgan fingerprint density at radius 3 is 2.53 bits per heavy atom. The van der Waals surface area contributed by atoms with Gasteiger partial charge in [0.2, 0.25) is 5.95 Å². The van der Waals surface area contributed by atoms with Crippen molar-refractivity contribution in [2.75, 3.05) is 29.6 Å². The van der Waals surface area contributed by atoms with Gasteiger partial charge in [-0.15, -0.1) is 0 Å². The summed E-state index contributed by atoms with van der Waals surface area (Å²) in [7, 11) is 3.87. The summed E-state index contributed by atoms with van der Waals surface area (Å²) in [5.41, 5.74) is 0.862. The number of nitro groups is 1. The molecule has 0 radical (unpaired) electrons. The van der Waals surface area contributed by atoms with Crippen molar-refractivity contribution < 1.29 is 9.72 Å². The number of carbonyl (C=O) groups excluding carboxylic acids is 1. The fourth-order valence-electron chi connectivity index (χ4n) is 3.53. The molecule has 0 unspecified atom stereocenters. The first-order valence-electron chi connectivity index (χ1n) is 9.92. The molecule has 1 aliphatic carbocycles. The molecule has 3 rings (SSSR count). The van der Waals surface area contributed by atoms with E-state index in [0.717, 1.165) is 31.5 Å². The molecule has 1 saturated carbocycles. The van der Waals surface area contributed by atoms with Gasteiger partial charge < -0.3 is 20.9 Å². The quantitative estimate of drug-likeness (QED) is 0.490. The molecule has 1 aliphatic rings. The maximum atomic E-state index is 12.4. The summed E-state index contributed by atoms with van der Waals surface area (Å²) in [5.74, 6) is 1.45. The van der Waals surface area contributed by atoms with Crippen LogP contribution in [0.4, 0.5) is 27.9 Å². The lowest BCUT2D eigenvalue weighted by atomic mass is 9.91. The molecule has 10 nitrogen and oxygen atoms in total. The monoisotopic (exact) mass is 413 g/mol. The van der Waals surface area contributed by atoms with Crippen LogP contribution in [0.25, 0.3) is 0 Å². The summed E-state index contributed by atoms with van der Waals surface area (Å²) < 4.78 is 0. The van der Waals surface area contributed by atoms with Crippen LogP contribution in [0.2, 0.25) is 0 Å². The first-order valence-corrected chi connectivity index (χ1v) is 9.92. The summed E-state index contributed by atoms with van der Waals surface area (Å²) in [6, 6.07) is 6.45. The molecule has 30 heavy (non-hydrogen) atoms. The molecular formula is C20H27N7O3. The number of nitrogens with one attached hydrogen (secondary N) is 3. The number of aromatic nitrogens is 2. The molecule has 1 aromatic carbocycles. The number of benzene rings is 1. The van der Waals surface area contributed by atoms with Crippen molar-refractivity contribution in [2.24, 2.45) is 0 Å². The molecule has 0 aliphatic heterocycles. The second-order valence-electron chi connectivity index (χ2n) is 7.63. The van der Waals surface area contributed by atoms with Gasteiger partial charge in [0.15, 0.2) is 0 Å². The van der Waals surface area contributed by atoms with Gasteiger partial charge in [-0.1, -0.05) is 6.07 Å². The second-order valence-corrected chi connectivity index (χ2v) is 7.63. The number of amides is 2. The lowest BCUT2D eigenvalue weighted by Gasteiger charge is -2.29. The van der Waals surface area contributed by atoms with E-state index in [2.05, 4.69) is 25.9 Å². The Bertz CT molecular complexity index is 911. The van der Waals surface area contributed by atoms with Crippen molar-refractivity contribution in [3.05, 3.63) is 46.1 Å². The van der Waals surface area contributed by atoms with Gasteiger partial charge in [-0.2, -0.15) is 4.98 Å². The predicted molar refractivity (Wildman–Crippen MR) is 116 cm³/mol. The molecule has 0 atom stereocenters. The normalized spacial score (nSPS) is 18.4. The largest absolute Gasteiger partial charge is 0.363 e. The fraction of sp³-hybridized carbons (Fsp3) is 0.450. The highest BCUT2D eigenvalue weighted by molar-refractivity contribution is 5.90. The van der Waals surface area contributed by atoms with Gasteiger partial charge in [-0.25, -0.2) is 9.78 Å². The van der Waals surface area contributed by atoms with E-state index >= 15 is 0 Å². The van der Waals surface area contributed by atoms with Crippen LogP contribution in [-0.4, -0.2) is 47.1 Å². The average molecular weight is 413 g/mol. The summed E-state index contributed by atoms with van der Waals surface area (Å²) in [6.45, 7) is 1.62. The molecule has 160 valence electrons. The Morgan fingerprint density at radius 2 is 1.87 bits per heavy atom. The number of urea groups is 1. The Kier molecular flexibility index (Phi) is 6.65. The molecule has 2 amide bonds. The number of carbonyl (C=O) groups is 1. The fourth-order valence-corrected chi connectivity index (χ4v) is 3.53. The number of hydrogen-bond donors (Lipinski definition) is 3. The Balaban J connectivity index is 1.49. The third-order valence-corrected chi connectivity index (χ3v) is 5.24. The SMILES string of the molecule is Cc1c(NC(=O)N[C@H]2CC[C@@H](Nc3nccc(N(C)C)n3)CC2)cccc1[N+](=O)[O-]. The van der Waals surface area contributed by atoms with Crippen molar-refractivity contribution in [3.63, 3.8) is 0 Å². The van der Waals surface area contributed by atoms with Crippen molar-refractivity contribution >= 4 is 29.2 Å². The Morgan fingerprint density at radius 1 is 1.17 bits per heavy atom. The van der Waals surface area contributed by atoms with Crippen LogP contribution in [0.3, 0.4) is 0 Å². The minimum absolute atomic E-state index is 0.0139. The molecule has 0 spiro atoms. The van der Waals surface area contributed by atoms with E-state index in [1.807, 2.05) is 25.1 Å². The van der Waals surface area contributed by atoms with E-state index < -0.39 is 4.92 Å². The smallest absolute Gasteiger partial charge is 0.319 e. The minimum atomic E-state index is -0.454. The van der Waals surface area contributed by atoms with E-state index in [9.17, 15) is 14.9 Å². The third kappa shape index (κ3) is 5.34. The minimum Gasteiger partial charge on any atom is -0.363 e. The highest BCUT2D eigenvalue weighted by Gasteiger charge is 2.23. The lowest BCUT2D eigenvalue weighted by molar-refractivity contribution is -0.385. The molecule has 0 saturated heterocycles. The number of rotatable bonds is 6. The van der Waals surface area contributed by atoms with Gasteiger partial charge >= 0.3 is 6.03 Å². The number of nitro benzene ring substituents is 1. The number of hydrogen-bond acceptors (Lipinski definition) is 7. The Labute approximate surface area is 175 Å². The van der Waals surface area contributed by atoms with Crippen molar-refractivity contribution in [2.45, 2.75) is 44.7 Å². The van der Waals surface area contributed by atoms with Gasteiger partial charge in [-0.05, 0) is 44.7 Å². The molecule has 1 fully saturated rings. The maximum Gasteiger partial charge on any atom is 0.319 e. The molecule has 3 N–H and O–H groups in total. The topological polar surface area (TPSA) is 125 Å². The van der Waals surface area contributed by atoms with Crippen LogP contribution in [0.5, 0.6) is 0 Å². The summed E-state index contributed by atoms with van der Waals surface area (Å²) >= 11 is 0. The van der Waals surface area contributed by atoms with Gasteiger partial charge in [0.1, 0.15) is 5.82 Å². The van der Waals surface area contributed by atoms with Crippen molar-refractivity contribution in [3.8, 4) is 0 Å². The van der Waals surface area contributed by atoms with Crippen molar-refractivity contribution in [1.29, 1.82) is 0 Å². The van der Waals surface area contributed by atoms with Gasteiger partial charge in [0.25, 0.3) is 5.69 Å². The van der Waals surface area contributed by atoms with Crippen LogP contribution >= 0.6 is 0 Å². The zero-order valence-corrected chi connectivity index (χ0v) is 17.4. The van der Waals surface area contributed by atoms with E-state index in [4.69, 9.17) is 0 Å². The second kappa shape index (κ2) is 9.38. The summed E-state index contributed by atoms with van der Waals surface area (Å²) in [6.07, 6.45) is 5.16. The summed E-state index contributed by atoms with van der Waals surface area (Å²) in [5, 5.41) is 20.1. The number of nitrogens with zero attached hydrogens (tertiary/aromatic N) is 4. The highest BCUT2D eigenvalue weighted by atomic mass is 16.6. The van der Waals surface area contributed by atoms with Crippen LogP contribution in [0, 0.1) is 17.0 Å². The molecule has 2 aromatic rings. The van der Waals surface area contributed by atoms with E-state index in [1.54, 1.807) is 25.3 Å². The zero-order chi connectivity index (χ0) is 21.7. The van der Waals surface area contributed by atoms with Gasteiger partial charge in [0, 0.05) is 38.4 Å². The molecular weight excluding hydrogens is 386 g/mol. The molecule has 0 bridgehead atoms. The number of anilines is 3. The van der Waals surface area contributed by atoms with Crippen LogP contribution < -0.4 is 20.9 Å². The van der Waals surface area contributed by atoms with Crippen LogP contribution in [0.15, 0.2) is 30.5 Å². The lowest BCUT2D eigenvalue weighted by Crippen LogP contribution is -2.42. The zero-order valence-electron chi connectivity index (χ0n) is 17.4. The Hall–Kier alpha value is -3.43. The highest BCUT2D eigenvalue weighted by Crippen LogP contribution is 2.25. The van der Waals surface area contributed by atoms with Gasteiger partial charge in [0.05, 0.1) is 16.2 Å².